The minimum atomic E-state index is -0.296. The number of nitrogens with zero attached hydrogens (tertiary/aromatic N) is 14. The summed E-state index contributed by atoms with van der Waals surface area (Å²) in [6, 6.07) is 103. The summed E-state index contributed by atoms with van der Waals surface area (Å²) in [5.41, 5.74) is 15.9. The molecule has 14 nitrogen and oxygen atoms in total. The lowest BCUT2D eigenvalue weighted by Gasteiger charge is -2.27. The van der Waals surface area contributed by atoms with E-state index in [2.05, 4.69) is 257 Å². The molecular formula is C78H43N14+. The van der Waals surface area contributed by atoms with Gasteiger partial charge < -0.3 is 9.80 Å². The van der Waals surface area contributed by atoms with Crippen molar-refractivity contribution in [1.29, 1.82) is 26.3 Å². The first-order valence-electron chi connectivity index (χ1n) is 29.1. The molecule has 0 bridgehead atoms. The molecule has 14 aromatic rings. The zero-order valence-corrected chi connectivity index (χ0v) is 48.6. The van der Waals surface area contributed by atoms with E-state index in [9.17, 15) is 26.3 Å². The predicted octanol–water partition coefficient (Wildman–Crippen LogP) is 18.2. The van der Waals surface area contributed by atoms with Gasteiger partial charge in [0, 0.05) is 46.3 Å². The van der Waals surface area contributed by atoms with E-state index < -0.39 is 0 Å². The van der Waals surface area contributed by atoms with Gasteiger partial charge in [-0.25, -0.2) is 29.9 Å². The molecule has 0 aliphatic heterocycles. The predicted molar refractivity (Wildman–Crippen MR) is 358 cm³/mol. The molecule has 3 aromatic heterocycles. The molecule has 14 rings (SSSR count). The molecule has 92 heavy (non-hydrogen) atoms. The third-order valence-electron chi connectivity index (χ3n) is 15.7. The smallest absolute Gasteiger partial charge is 0.310 e. The van der Waals surface area contributed by atoms with Crippen LogP contribution in [0.15, 0.2) is 261 Å². The molecule has 0 amide bonds. The lowest BCUT2D eigenvalue weighted by atomic mass is 10.0. The molecule has 14 heteroatoms. The second kappa shape index (κ2) is 24.4. The van der Waals surface area contributed by atoms with E-state index in [0.717, 1.165) is 89.8 Å². The Morgan fingerprint density at radius 3 is 0.750 bits per heavy atom. The Hall–Kier alpha value is -14.0. The van der Waals surface area contributed by atoms with Gasteiger partial charge in [-0.05, 0) is 145 Å². The van der Waals surface area contributed by atoms with Crippen molar-refractivity contribution in [2.24, 2.45) is 0 Å². The topological polar surface area (TPSA) is 207 Å². The van der Waals surface area contributed by atoms with Crippen LogP contribution in [0, 0.1) is 62.7 Å². The van der Waals surface area contributed by atoms with Crippen LogP contribution in [0.3, 0.4) is 0 Å². The molecule has 0 saturated heterocycles. The fraction of sp³-hybridized carbons (Fsp3) is 0. The summed E-state index contributed by atoms with van der Waals surface area (Å²) in [4.78, 5) is 35.8. The summed E-state index contributed by atoms with van der Waals surface area (Å²) < 4.78 is 0. The van der Waals surface area contributed by atoms with Gasteiger partial charge in [0.15, 0.2) is 28.5 Å². The van der Waals surface area contributed by atoms with Crippen molar-refractivity contribution in [1.82, 2.24) is 29.9 Å². The maximum absolute atomic E-state index is 10.3. The number of nitriles is 5. The van der Waals surface area contributed by atoms with E-state index in [1.165, 1.54) is 0 Å². The van der Waals surface area contributed by atoms with Gasteiger partial charge in [0.05, 0.1) is 0 Å². The molecule has 0 fully saturated rings. The molecule has 0 aliphatic rings. The summed E-state index contributed by atoms with van der Waals surface area (Å²) in [5.74, 6) is 0. The second-order valence-corrected chi connectivity index (χ2v) is 21.2. The molecule has 0 spiro atoms. The fourth-order valence-corrected chi connectivity index (χ4v) is 11.3. The van der Waals surface area contributed by atoms with Crippen molar-refractivity contribution in [2.75, 3.05) is 9.80 Å². The number of fused-ring (bicyclic) bond motifs is 6. The van der Waals surface area contributed by atoms with Gasteiger partial charge in [-0.1, -0.05) is 164 Å². The molecule has 0 radical (unpaired) electrons. The first-order valence-corrected chi connectivity index (χ1v) is 29.1. The number of rotatable bonds is 11. The Bertz CT molecular complexity index is 5350. The molecule has 0 unspecified atom stereocenters. The molecule has 0 aliphatic carbocycles. The van der Waals surface area contributed by atoms with Gasteiger partial charge in [-0.2, -0.15) is 26.3 Å². The van der Waals surface area contributed by atoms with Crippen LogP contribution in [0.4, 0.5) is 39.8 Å². The highest BCUT2D eigenvalue weighted by Gasteiger charge is 2.25. The van der Waals surface area contributed by atoms with Crippen molar-refractivity contribution < 1.29 is 0 Å². The van der Waals surface area contributed by atoms with Crippen LogP contribution in [0.1, 0.15) is 34.2 Å². The normalized spacial score (nSPS) is 10.7. The number of aromatic nitrogens is 6. The third-order valence-corrected chi connectivity index (χ3v) is 15.7. The molecule has 0 N–H and O–H groups in total. The first kappa shape index (κ1) is 55.8. The molecule has 0 atom stereocenters. The zero-order valence-electron chi connectivity index (χ0n) is 48.6. The third kappa shape index (κ3) is 10.8. The lowest BCUT2D eigenvalue weighted by Crippen LogP contribution is -2.10. The van der Waals surface area contributed by atoms with Crippen molar-refractivity contribution in [3.05, 3.63) is 300 Å². The Morgan fingerprint density at radius 1 is 0.228 bits per heavy atom. The highest BCUT2D eigenvalue weighted by Crippen LogP contribution is 2.42. The minimum Gasteiger partial charge on any atom is -0.310 e. The Kier molecular flexibility index (Phi) is 14.8. The van der Waals surface area contributed by atoms with Gasteiger partial charge in [0.25, 0.3) is 0 Å². The summed E-state index contributed by atoms with van der Waals surface area (Å²) in [6.45, 7) is 0. The van der Waals surface area contributed by atoms with E-state index in [0.29, 0.717) is 5.69 Å². The number of hydrogen-bond acceptors (Lipinski definition) is 13. The Morgan fingerprint density at radius 2 is 0.467 bits per heavy atom. The average Bonchev–Trinajstić information content (AvgIpc) is 0.762. The number of benzene rings is 11. The summed E-state index contributed by atoms with van der Waals surface area (Å²) in [5, 5.41) is 49.6. The number of anilines is 6. The molecule has 3 heterocycles. The highest BCUT2D eigenvalue weighted by atomic mass is 15.1. The van der Waals surface area contributed by atoms with Crippen molar-refractivity contribution in [2.45, 2.75) is 0 Å². The molecule has 11 aromatic carbocycles. The maximum Gasteiger partial charge on any atom is 0.343 e. The van der Waals surface area contributed by atoms with Gasteiger partial charge in [0.2, 0.25) is 5.69 Å². The van der Waals surface area contributed by atoms with Crippen molar-refractivity contribution in [3.63, 3.8) is 0 Å². The van der Waals surface area contributed by atoms with E-state index >= 15 is 0 Å². The molecular weight excluding hydrogens is 1130 g/mol. The standard InChI is InChI=1S/C78H43N14/c79-44-67-68(45-80)87-75-73(85-67)74-76(88-70(47-82)69(46-81)86-74)78-77(75)89-71(48-83)72(90-78)49-84-60-32-22-53(23-33-60)57-30-40-64(41-31-57)92(63-38-28-56(29-39-63)52-16-8-3-9-17-52)66-21-11-19-59(43-66)58-18-10-20-65(42-58)91(61-34-24-54(25-35-61)50-12-4-1-5-13-50)62-36-26-55(27-37-62)51-14-6-2-7-15-51/h1-43H/q+1. The summed E-state index contributed by atoms with van der Waals surface area (Å²) in [7, 11) is 0. The Labute approximate surface area is 528 Å². The summed E-state index contributed by atoms with van der Waals surface area (Å²) in [6.07, 6.45) is 0. The lowest BCUT2D eigenvalue weighted by molar-refractivity contribution is 1.16. The Balaban J connectivity index is 0.789. The largest absolute Gasteiger partial charge is 0.343 e. The van der Waals surface area contributed by atoms with Crippen LogP contribution in [-0.4, -0.2) is 29.9 Å². The molecule has 424 valence electrons. The minimum absolute atomic E-state index is 0.00654. The zero-order chi connectivity index (χ0) is 62.5. The van der Waals surface area contributed by atoms with Crippen LogP contribution < -0.4 is 9.80 Å². The fourth-order valence-electron chi connectivity index (χ4n) is 11.3. The van der Waals surface area contributed by atoms with Crippen LogP contribution >= 0.6 is 0 Å². The van der Waals surface area contributed by atoms with E-state index in [4.69, 9.17) is 0 Å². The van der Waals surface area contributed by atoms with Gasteiger partial charge >= 0.3 is 11.8 Å². The van der Waals surface area contributed by atoms with Crippen LogP contribution in [0.2, 0.25) is 0 Å². The van der Waals surface area contributed by atoms with E-state index in [1.807, 2.05) is 84.9 Å². The van der Waals surface area contributed by atoms with E-state index in [1.54, 1.807) is 0 Å². The van der Waals surface area contributed by atoms with Crippen LogP contribution in [0.25, 0.3) is 93.6 Å². The van der Waals surface area contributed by atoms with Crippen molar-refractivity contribution >= 4 is 72.9 Å². The first-order chi connectivity index (χ1) is 45.3. The maximum atomic E-state index is 10.3. The van der Waals surface area contributed by atoms with Crippen LogP contribution in [-0.2, 0) is 0 Å². The highest BCUT2D eigenvalue weighted by molar-refractivity contribution is 6.18. The monoisotopic (exact) mass is 1180 g/mol. The number of hydrogen-bond donors (Lipinski definition) is 0. The quantitative estimate of drug-likeness (QED) is 0.111. The van der Waals surface area contributed by atoms with Crippen molar-refractivity contribution in [3.8, 4) is 92.0 Å². The van der Waals surface area contributed by atoms with Crippen LogP contribution in [0.5, 0.6) is 0 Å². The van der Waals surface area contributed by atoms with Gasteiger partial charge in [0.1, 0.15) is 63.4 Å². The van der Waals surface area contributed by atoms with Gasteiger partial charge in [-0.3, -0.25) is 0 Å². The average molecular weight is 1180 g/mol. The molecule has 0 saturated carbocycles. The van der Waals surface area contributed by atoms with Gasteiger partial charge in [-0.15, -0.1) is 0 Å². The SMILES string of the molecule is N#Cc1nc2c3nc(C#N)c(C#N)nc3c3nc(C#[N+]c4ccc(-c5ccc(N(c6ccc(-c7ccccc7)cc6)c6cccc(-c7cccc(N(c8ccc(-c9ccccc9)cc8)c8ccc(-c9ccccc9)cc8)c7)c6)cc5)cc4)c(C#N)nc3c2nc1C#N. The second-order valence-electron chi connectivity index (χ2n) is 21.2. The summed E-state index contributed by atoms with van der Waals surface area (Å²) >= 11 is 0. The van der Waals surface area contributed by atoms with E-state index in [-0.39, 0.29) is 67.3 Å².